The van der Waals surface area contributed by atoms with E-state index >= 15 is 0 Å². The zero-order valence-electron chi connectivity index (χ0n) is 9.95. The highest BCUT2D eigenvalue weighted by Gasteiger charge is 2.19. The number of piperidine rings is 1. The maximum Gasteiger partial charge on any atom is 0.0644 e. The molecule has 3 heteroatoms. The lowest BCUT2D eigenvalue weighted by Crippen LogP contribution is -2.31. The molecule has 2 rings (SSSR count). The molecule has 2 heterocycles. The molecule has 0 spiro atoms. The van der Waals surface area contributed by atoms with Gasteiger partial charge in [-0.1, -0.05) is 20.8 Å². The van der Waals surface area contributed by atoms with E-state index in [0.717, 1.165) is 13.1 Å². The van der Waals surface area contributed by atoms with Gasteiger partial charge >= 0.3 is 0 Å². The summed E-state index contributed by atoms with van der Waals surface area (Å²) in [6, 6.07) is 0.551. The van der Waals surface area contributed by atoms with Gasteiger partial charge in [0.1, 0.15) is 0 Å². The average Bonchev–Trinajstić information content (AvgIpc) is 2.67. The van der Waals surface area contributed by atoms with Crippen LogP contribution in [0.3, 0.4) is 0 Å². The monoisotopic (exact) mass is 207 g/mol. The molecule has 15 heavy (non-hydrogen) atoms. The lowest BCUT2D eigenvalue weighted by molar-refractivity contribution is 0.346. The van der Waals surface area contributed by atoms with Gasteiger partial charge in [-0.05, 0) is 30.4 Å². The van der Waals surface area contributed by atoms with Crippen molar-refractivity contribution in [1.82, 2.24) is 15.1 Å². The summed E-state index contributed by atoms with van der Waals surface area (Å²) < 4.78 is 2.13. The molecule has 1 aliphatic rings. The van der Waals surface area contributed by atoms with Gasteiger partial charge in [-0.15, -0.1) is 0 Å². The molecule has 1 aromatic heterocycles. The van der Waals surface area contributed by atoms with Gasteiger partial charge in [-0.2, -0.15) is 5.10 Å². The van der Waals surface area contributed by atoms with Crippen LogP contribution in [0.25, 0.3) is 0 Å². The van der Waals surface area contributed by atoms with E-state index in [9.17, 15) is 0 Å². The van der Waals surface area contributed by atoms with E-state index in [4.69, 9.17) is 0 Å². The molecule has 1 aromatic rings. The molecule has 0 bridgehead atoms. The summed E-state index contributed by atoms with van der Waals surface area (Å²) in [6.07, 6.45) is 6.72. The second-order valence-electron chi connectivity index (χ2n) is 5.46. The first-order valence-electron chi connectivity index (χ1n) is 5.83. The van der Waals surface area contributed by atoms with E-state index in [-0.39, 0.29) is 5.41 Å². The molecule has 0 aliphatic carbocycles. The molecule has 0 saturated carbocycles. The van der Waals surface area contributed by atoms with E-state index in [1.54, 1.807) is 0 Å². The fraction of sp³-hybridized carbons (Fsp3) is 0.750. The largest absolute Gasteiger partial charge is 0.315 e. The molecular weight excluding hydrogens is 186 g/mol. The number of hydrogen-bond acceptors (Lipinski definition) is 2. The van der Waals surface area contributed by atoms with E-state index < -0.39 is 0 Å². The molecule has 1 fully saturated rings. The standard InChI is InChI=1S/C12H21N3/c1-12(2,3)10-7-14-15(9-10)11-5-4-6-13-8-11/h7,9,11,13H,4-6,8H2,1-3H3. The third-order valence-corrected chi connectivity index (χ3v) is 3.11. The van der Waals surface area contributed by atoms with Crippen molar-refractivity contribution in [3.63, 3.8) is 0 Å². The van der Waals surface area contributed by atoms with Crippen molar-refractivity contribution in [3.05, 3.63) is 18.0 Å². The van der Waals surface area contributed by atoms with Crippen LogP contribution in [-0.2, 0) is 5.41 Å². The summed E-state index contributed by atoms with van der Waals surface area (Å²) in [4.78, 5) is 0. The Morgan fingerprint density at radius 3 is 2.80 bits per heavy atom. The van der Waals surface area contributed by atoms with Crippen molar-refractivity contribution in [2.45, 2.75) is 45.1 Å². The molecule has 1 atom stereocenters. The van der Waals surface area contributed by atoms with Gasteiger partial charge in [0.25, 0.3) is 0 Å². The lowest BCUT2D eigenvalue weighted by atomic mass is 9.90. The Hall–Kier alpha value is -0.830. The Kier molecular flexibility index (Phi) is 2.83. The van der Waals surface area contributed by atoms with Gasteiger partial charge in [0.05, 0.1) is 12.2 Å². The molecule has 1 unspecified atom stereocenters. The summed E-state index contributed by atoms with van der Waals surface area (Å²) >= 11 is 0. The van der Waals surface area contributed by atoms with Crippen molar-refractivity contribution in [1.29, 1.82) is 0 Å². The second kappa shape index (κ2) is 3.97. The zero-order chi connectivity index (χ0) is 10.9. The Morgan fingerprint density at radius 1 is 1.47 bits per heavy atom. The van der Waals surface area contributed by atoms with Crippen LogP contribution in [0.4, 0.5) is 0 Å². The van der Waals surface area contributed by atoms with Gasteiger partial charge in [0.15, 0.2) is 0 Å². The van der Waals surface area contributed by atoms with Gasteiger partial charge in [0.2, 0.25) is 0 Å². The number of nitrogens with zero attached hydrogens (tertiary/aromatic N) is 2. The van der Waals surface area contributed by atoms with Crippen LogP contribution in [0.15, 0.2) is 12.4 Å². The van der Waals surface area contributed by atoms with Gasteiger partial charge in [-0.25, -0.2) is 0 Å². The molecule has 1 aliphatic heterocycles. The average molecular weight is 207 g/mol. The quantitative estimate of drug-likeness (QED) is 0.764. The zero-order valence-corrected chi connectivity index (χ0v) is 9.95. The van der Waals surface area contributed by atoms with E-state index in [1.807, 2.05) is 6.20 Å². The Labute approximate surface area is 91.9 Å². The van der Waals surface area contributed by atoms with Crippen molar-refractivity contribution < 1.29 is 0 Å². The smallest absolute Gasteiger partial charge is 0.0644 e. The van der Waals surface area contributed by atoms with Crippen LogP contribution < -0.4 is 5.32 Å². The maximum absolute atomic E-state index is 4.48. The highest BCUT2D eigenvalue weighted by atomic mass is 15.3. The summed E-state index contributed by atoms with van der Waals surface area (Å²) in [5.74, 6) is 0. The SMILES string of the molecule is CC(C)(C)c1cnn(C2CCCNC2)c1. The number of nitrogens with one attached hydrogen (secondary N) is 1. The highest BCUT2D eigenvalue weighted by molar-refractivity contribution is 5.15. The fourth-order valence-electron chi connectivity index (χ4n) is 1.98. The summed E-state index contributed by atoms with van der Waals surface area (Å²) in [6.45, 7) is 8.91. The Bertz CT molecular complexity index is 316. The third kappa shape index (κ3) is 2.40. The second-order valence-corrected chi connectivity index (χ2v) is 5.46. The van der Waals surface area contributed by atoms with E-state index in [2.05, 4.69) is 42.1 Å². The number of hydrogen-bond donors (Lipinski definition) is 1. The van der Waals surface area contributed by atoms with Crippen molar-refractivity contribution in [3.8, 4) is 0 Å². The van der Waals surface area contributed by atoms with Crippen LogP contribution in [0.1, 0.15) is 45.2 Å². The minimum Gasteiger partial charge on any atom is -0.315 e. The summed E-state index contributed by atoms with van der Waals surface area (Å²) in [5, 5.41) is 7.90. The topological polar surface area (TPSA) is 29.9 Å². The van der Waals surface area contributed by atoms with E-state index in [0.29, 0.717) is 6.04 Å². The van der Waals surface area contributed by atoms with Crippen LogP contribution >= 0.6 is 0 Å². The van der Waals surface area contributed by atoms with Crippen molar-refractivity contribution in [2.24, 2.45) is 0 Å². The summed E-state index contributed by atoms with van der Waals surface area (Å²) in [5.41, 5.74) is 1.54. The summed E-state index contributed by atoms with van der Waals surface area (Å²) in [7, 11) is 0. The van der Waals surface area contributed by atoms with Gasteiger partial charge in [0, 0.05) is 12.7 Å². The Balaban J connectivity index is 2.12. The molecule has 3 nitrogen and oxygen atoms in total. The molecule has 84 valence electrons. The van der Waals surface area contributed by atoms with Crippen LogP contribution in [-0.4, -0.2) is 22.9 Å². The number of rotatable bonds is 1. The van der Waals surface area contributed by atoms with E-state index in [1.165, 1.54) is 18.4 Å². The van der Waals surface area contributed by atoms with Crippen LogP contribution in [0, 0.1) is 0 Å². The molecule has 0 aromatic carbocycles. The molecule has 0 radical (unpaired) electrons. The fourth-order valence-corrected chi connectivity index (χ4v) is 1.98. The van der Waals surface area contributed by atoms with Crippen molar-refractivity contribution in [2.75, 3.05) is 13.1 Å². The van der Waals surface area contributed by atoms with Crippen LogP contribution in [0.2, 0.25) is 0 Å². The normalized spacial score (nSPS) is 23.0. The van der Waals surface area contributed by atoms with Crippen molar-refractivity contribution >= 4 is 0 Å². The first-order chi connectivity index (χ1) is 7.07. The molecular formula is C12H21N3. The first kappa shape index (κ1) is 10.7. The third-order valence-electron chi connectivity index (χ3n) is 3.11. The minimum absolute atomic E-state index is 0.209. The van der Waals surface area contributed by atoms with Gasteiger partial charge in [-0.3, -0.25) is 4.68 Å². The lowest BCUT2D eigenvalue weighted by Gasteiger charge is -2.23. The number of aromatic nitrogens is 2. The highest BCUT2D eigenvalue weighted by Crippen LogP contribution is 2.23. The predicted molar refractivity (Wildman–Crippen MR) is 62.1 cm³/mol. The molecule has 1 saturated heterocycles. The predicted octanol–water partition coefficient (Wildman–Crippen LogP) is 2.11. The Morgan fingerprint density at radius 2 is 2.27 bits per heavy atom. The first-order valence-corrected chi connectivity index (χ1v) is 5.83. The minimum atomic E-state index is 0.209. The molecule has 1 N–H and O–H groups in total. The molecule has 0 amide bonds. The van der Waals surface area contributed by atoms with Crippen LogP contribution in [0.5, 0.6) is 0 Å². The van der Waals surface area contributed by atoms with Gasteiger partial charge < -0.3 is 5.32 Å². The maximum atomic E-state index is 4.48.